The monoisotopic (exact) mass is 388 g/mol. The molecule has 2 atom stereocenters. The van der Waals surface area contributed by atoms with Crippen LogP contribution in [0.15, 0.2) is 48.5 Å². The van der Waals surface area contributed by atoms with Crippen molar-refractivity contribution in [3.63, 3.8) is 0 Å². The van der Waals surface area contributed by atoms with Crippen LogP contribution in [0.2, 0.25) is 5.02 Å². The first-order chi connectivity index (χ1) is 13.0. The van der Waals surface area contributed by atoms with E-state index >= 15 is 0 Å². The maximum atomic E-state index is 12.8. The summed E-state index contributed by atoms with van der Waals surface area (Å²) in [6.45, 7) is 0.603. The van der Waals surface area contributed by atoms with Gasteiger partial charge in [0.05, 0.1) is 19.1 Å². The van der Waals surface area contributed by atoms with E-state index in [2.05, 4.69) is 5.32 Å². The van der Waals surface area contributed by atoms with Gasteiger partial charge in [-0.3, -0.25) is 4.79 Å². The third kappa shape index (κ3) is 4.17. The summed E-state index contributed by atoms with van der Waals surface area (Å²) in [7, 11) is 1.57. The Labute approximate surface area is 162 Å². The highest BCUT2D eigenvalue weighted by molar-refractivity contribution is 6.31. The number of carboxylic acids is 1. The molecule has 2 aromatic rings. The molecule has 0 bridgehead atoms. The van der Waals surface area contributed by atoms with Crippen LogP contribution in [-0.2, 0) is 4.79 Å². The molecule has 7 heteroatoms. The standard InChI is InChI=1S/C20H21ClN2O4/c1-27-17-9-5-3-7-15(17)18(14-6-2-4-8-16(14)21)22-20(26)23-11-10-13(12-23)19(24)25/h2-9,13,18H,10-12H2,1H3,(H,22,26)(H,24,25). The molecule has 2 amide bonds. The van der Waals surface area contributed by atoms with Gasteiger partial charge < -0.3 is 20.1 Å². The SMILES string of the molecule is COc1ccccc1C(NC(=O)N1CCC(C(=O)O)C1)c1ccccc1Cl. The van der Waals surface area contributed by atoms with E-state index in [4.69, 9.17) is 21.4 Å². The number of nitrogens with one attached hydrogen (secondary N) is 1. The number of benzene rings is 2. The highest BCUT2D eigenvalue weighted by Crippen LogP contribution is 2.33. The average Bonchev–Trinajstić information content (AvgIpc) is 3.17. The number of nitrogens with zero attached hydrogens (tertiary/aromatic N) is 1. The number of aliphatic carboxylic acids is 1. The molecule has 1 aliphatic rings. The number of hydrogen-bond donors (Lipinski definition) is 2. The molecule has 0 saturated carbocycles. The van der Waals surface area contributed by atoms with Crippen LogP contribution >= 0.6 is 11.6 Å². The normalized spacial score (nSPS) is 17.4. The van der Waals surface area contributed by atoms with Gasteiger partial charge in [-0.25, -0.2) is 4.79 Å². The number of para-hydroxylation sites is 1. The Morgan fingerprint density at radius 3 is 2.48 bits per heavy atom. The molecule has 2 unspecified atom stereocenters. The third-order valence-electron chi connectivity index (χ3n) is 4.76. The number of hydrogen-bond acceptors (Lipinski definition) is 3. The number of carbonyl (C=O) groups excluding carboxylic acids is 1. The molecule has 0 aromatic heterocycles. The van der Waals surface area contributed by atoms with Crippen LogP contribution in [0.4, 0.5) is 4.79 Å². The minimum atomic E-state index is -0.877. The van der Waals surface area contributed by atoms with Crippen molar-refractivity contribution in [2.24, 2.45) is 5.92 Å². The van der Waals surface area contributed by atoms with Gasteiger partial charge in [0, 0.05) is 23.7 Å². The lowest BCUT2D eigenvalue weighted by atomic mass is 9.97. The van der Waals surface area contributed by atoms with Crippen molar-refractivity contribution in [1.29, 1.82) is 0 Å². The molecule has 0 radical (unpaired) electrons. The Morgan fingerprint density at radius 1 is 1.19 bits per heavy atom. The summed E-state index contributed by atoms with van der Waals surface area (Å²) >= 11 is 6.39. The van der Waals surface area contributed by atoms with Gasteiger partial charge in [0.15, 0.2) is 0 Å². The second kappa shape index (κ2) is 8.31. The third-order valence-corrected chi connectivity index (χ3v) is 5.10. The molecule has 3 rings (SSSR count). The largest absolute Gasteiger partial charge is 0.496 e. The first kappa shape index (κ1) is 19.0. The lowest BCUT2D eigenvalue weighted by Gasteiger charge is -2.26. The molecule has 6 nitrogen and oxygen atoms in total. The van der Waals surface area contributed by atoms with Gasteiger partial charge >= 0.3 is 12.0 Å². The second-order valence-electron chi connectivity index (χ2n) is 6.42. The van der Waals surface area contributed by atoms with Crippen molar-refractivity contribution in [2.75, 3.05) is 20.2 Å². The van der Waals surface area contributed by atoms with E-state index in [0.29, 0.717) is 23.7 Å². The minimum absolute atomic E-state index is 0.197. The predicted molar refractivity (Wildman–Crippen MR) is 102 cm³/mol. The zero-order valence-corrected chi connectivity index (χ0v) is 15.6. The molecule has 0 aliphatic carbocycles. The fourth-order valence-electron chi connectivity index (χ4n) is 3.30. The molecule has 1 aliphatic heterocycles. The fraction of sp³-hybridized carbons (Fsp3) is 0.300. The fourth-order valence-corrected chi connectivity index (χ4v) is 3.54. The average molecular weight is 389 g/mol. The van der Waals surface area contributed by atoms with Gasteiger partial charge in [0.2, 0.25) is 0 Å². The van der Waals surface area contributed by atoms with Crippen LogP contribution < -0.4 is 10.1 Å². The van der Waals surface area contributed by atoms with Crippen LogP contribution in [0.5, 0.6) is 5.75 Å². The molecule has 27 heavy (non-hydrogen) atoms. The molecule has 1 heterocycles. The molecule has 2 aromatic carbocycles. The van der Waals surface area contributed by atoms with Gasteiger partial charge in [0.1, 0.15) is 5.75 Å². The summed E-state index contributed by atoms with van der Waals surface area (Å²) in [4.78, 5) is 25.5. The first-order valence-electron chi connectivity index (χ1n) is 8.67. The molecule has 1 fully saturated rings. The summed E-state index contributed by atoms with van der Waals surface area (Å²) in [6, 6.07) is 13.9. The summed E-state index contributed by atoms with van der Waals surface area (Å²) < 4.78 is 5.46. The van der Waals surface area contributed by atoms with Gasteiger partial charge in [-0.1, -0.05) is 48.0 Å². The van der Waals surface area contributed by atoms with Gasteiger partial charge in [-0.2, -0.15) is 0 Å². The molecule has 142 valence electrons. The molecule has 2 N–H and O–H groups in total. The van der Waals surface area contributed by atoms with E-state index in [-0.39, 0.29) is 12.6 Å². The summed E-state index contributed by atoms with van der Waals surface area (Å²) in [5.41, 5.74) is 1.52. The zero-order chi connectivity index (χ0) is 19.4. The van der Waals surface area contributed by atoms with Crippen molar-refractivity contribution < 1.29 is 19.4 Å². The highest BCUT2D eigenvalue weighted by Gasteiger charge is 2.32. The van der Waals surface area contributed by atoms with Crippen molar-refractivity contribution >= 4 is 23.6 Å². The van der Waals surface area contributed by atoms with Crippen molar-refractivity contribution in [1.82, 2.24) is 10.2 Å². The molecule has 0 spiro atoms. The summed E-state index contributed by atoms with van der Waals surface area (Å²) in [6.07, 6.45) is 0.453. The van der Waals surface area contributed by atoms with E-state index in [0.717, 1.165) is 11.1 Å². The van der Waals surface area contributed by atoms with E-state index in [1.54, 1.807) is 13.2 Å². The van der Waals surface area contributed by atoms with Crippen LogP contribution in [-0.4, -0.2) is 42.2 Å². The highest BCUT2D eigenvalue weighted by atomic mass is 35.5. The Morgan fingerprint density at radius 2 is 1.85 bits per heavy atom. The van der Waals surface area contributed by atoms with Crippen molar-refractivity contribution in [3.05, 3.63) is 64.7 Å². The number of halogens is 1. The number of ether oxygens (including phenoxy) is 1. The number of amides is 2. The van der Waals surface area contributed by atoms with Crippen LogP contribution in [0.25, 0.3) is 0 Å². The topological polar surface area (TPSA) is 78.9 Å². The zero-order valence-electron chi connectivity index (χ0n) is 14.9. The molecule has 1 saturated heterocycles. The molecular weight excluding hydrogens is 368 g/mol. The summed E-state index contributed by atoms with van der Waals surface area (Å²) in [5, 5.41) is 12.7. The summed E-state index contributed by atoms with van der Waals surface area (Å²) in [5.74, 6) is -0.772. The van der Waals surface area contributed by atoms with E-state index in [9.17, 15) is 9.59 Å². The second-order valence-corrected chi connectivity index (χ2v) is 6.82. The smallest absolute Gasteiger partial charge is 0.318 e. The Balaban J connectivity index is 1.90. The predicted octanol–water partition coefficient (Wildman–Crippen LogP) is 3.55. The number of carbonyl (C=O) groups is 2. The number of methoxy groups -OCH3 is 1. The van der Waals surface area contributed by atoms with Crippen LogP contribution in [0, 0.1) is 5.92 Å². The number of likely N-dealkylation sites (tertiary alicyclic amines) is 1. The lowest BCUT2D eigenvalue weighted by Crippen LogP contribution is -2.41. The van der Waals surface area contributed by atoms with E-state index in [1.807, 2.05) is 42.5 Å². The Bertz CT molecular complexity index is 842. The van der Waals surface area contributed by atoms with Crippen molar-refractivity contribution in [2.45, 2.75) is 12.5 Å². The first-order valence-corrected chi connectivity index (χ1v) is 9.04. The quantitative estimate of drug-likeness (QED) is 0.820. The number of carboxylic acid groups (broad SMARTS) is 1. The van der Waals surface area contributed by atoms with E-state index in [1.165, 1.54) is 4.90 Å². The molecular formula is C20H21ClN2O4. The van der Waals surface area contributed by atoms with E-state index < -0.39 is 17.9 Å². The minimum Gasteiger partial charge on any atom is -0.496 e. The van der Waals surface area contributed by atoms with Gasteiger partial charge in [-0.15, -0.1) is 0 Å². The lowest BCUT2D eigenvalue weighted by molar-refractivity contribution is -0.141. The maximum absolute atomic E-state index is 12.8. The van der Waals surface area contributed by atoms with Crippen LogP contribution in [0.3, 0.4) is 0 Å². The number of urea groups is 1. The Kier molecular flexibility index (Phi) is 5.86. The Hall–Kier alpha value is -2.73. The van der Waals surface area contributed by atoms with Gasteiger partial charge in [0.25, 0.3) is 0 Å². The van der Waals surface area contributed by atoms with Crippen molar-refractivity contribution in [3.8, 4) is 5.75 Å². The maximum Gasteiger partial charge on any atom is 0.318 e. The van der Waals surface area contributed by atoms with Crippen LogP contribution in [0.1, 0.15) is 23.6 Å². The van der Waals surface area contributed by atoms with Gasteiger partial charge in [-0.05, 0) is 24.1 Å². The number of rotatable bonds is 5.